The Morgan fingerprint density at radius 2 is 2.28 bits per heavy atom. The summed E-state index contributed by atoms with van der Waals surface area (Å²) in [6, 6.07) is 8.71. The Kier molecular flexibility index (Phi) is 3.74. The molecule has 0 bridgehead atoms. The van der Waals surface area contributed by atoms with Crippen LogP contribution in [0, 0.1) is 6.92 Å². The minimum Gasteiger partial charge on any atom is -0.361 e. The van der Waals surface area contributed by atoms with Crippen LogP contribution in [0.5, 0.6) is 0 Å². The zero-order chi connectivity index (χ0) is 13.0. The maximum atomic E-state index is 11.6. The normalized spacial score (nSPS) is 10.8. The first-order valence-electron chi connectivity index (χ1n) is 5.18. The van der Waals surface area contributed by atoms with E-state index in [0.717, 1.165) is 5.56 Å². The third kappa shape index (κ3) is 2.95. The van der Waals surface area contributed by atoms with Crippen molar-refractivity contribution in [2.75, 3.05) is 0 Å². The number of carbonyl (C=O) groups excluding carboxylic acids is 1. The zero-order valence-corrected chi connectivity index (χ0v) is 10.3. The fraction of sp³-hybridized carbons (Fsp3) is 0.0833. The highest BCUT2D eigenvalue weighted by molar-refractivity contribution is 6.33. The van der Waals surface area contributed by atoms with Crippen molar-refractivity contribution in [1.82, 2.24) is 10.6 Å². The molecule has 1 aromatic heterocycles. The van der Waals surface area contributed by atoms with E-state index in [1.807, 2.05) is 12.1 Å². The first-order valence-corrected chi connectivity index (χ1v) is 5.56. The quantitative estimate of drug-likeness (QED) is 0.683. The van der Waals surface area contributed by atoms with Crippen LogP contribution in [0.1, 0.15) is 21.8 Å². The smallest absolute Gasteiger partial charge is 0.293 e. The van der Waals surface area contributed by atoms with Crippen LogP contribution in [0.15, 0.2) is 40.0 Å². The van der Waals surface area contributed by atoms with Crippen LogP contribution in [-0.2, 0) is 0 Å². The van der Waals surface area contributed by atoms with Crippen LogP contribution in [0.25, 0.3) is 0 Å². The van der Waals surface area contributed by atoms with Crippen LogP contribution < -0.4 is 5.43 Å². The first-order chi connectivity index (χ1) is 8.66. The van der Waals surface area contributed by atoms with E-state index in [1.165, 1.54) is 12.3 Å². The largest absolute Gasteiger partial charge is 0.361 e. The Morgan fingerprint density at radius 3 is 2.94 bits per heavy atom. The molecule has 1 heterocycles. The van der Waals surface area contributed by atoms with E-state index in [-0.39, 0.29) is 5.69 Å². The molecule has 18 heavy (non-hydrogen) atoms. The average Bonchev–Trinajstić information content (AvgIpc) is 2.78. The lowest BCUT2D eigenvalue weighted by molar-refractivity contribution is 0.0946. The number of benzene rings is 1. The molecule has 2 rings (SSSR count). The molecule has 6 heteroatoms. The number of carbonyl (C=O) groups is 1. The summed E-state index contributed by atoms with van der Waals surface area (Å²) >= 11 is 5.93. The van der Waals surface area contributed by atoms with Crippen LogP contribution >= 0.6 is 11.6 Å². The predicted molar refractivity (Wildman–Crippen MR) is 67.8 cm³/mol. The fourth-order valence-electron chi connectivity index (χ4n) is 1.27. The van der Waals surface area contributed by atoms with Crippen molar-refractivity contribution in [3.63, 3.8) is 0 Å². The third-order valence-corrected chi connectivity index (χ3v) is 2.48. The van der Waals surface area contributed by atoms with Crippen molar-refractivity contribution < 1.29 is 9.32 Å². The summed E-state index contributed by atoms with van der Waals surface area (Å²) in [5, 5.41) is 7.93. The molecule has 0 atom stereocenters. The minimum atomic E-state index is -0.435. The molecule has 0 aliphatic rings. The van der Waals surface area contributed by atoms with Gasteiger partial charge >= 0.3 is 0 Å². The fourth-order valence-corrected chi connectivity index (χ4v) is 1.46. The SMILES string of the molecule is Cc1cc(C(=O)N/N=C/c2ccccc2Cl)no1. The highest BCUT2D eigenvalue weighted by atomic mass is 35.5. The molecule has 0 aliphatic carbocycles. The molecule has 5 nitrogen and oxygen atoms in total. The number of aromatic nitrogens is 1. The van der Waals surface area contributed by atoms with Crippen LogP contribution in [-0.4, -0.2) is 17.3 Å². The first kappa shape index (κ1) is 12.3. The number of amides is 1. The summed E-state index contributed by atoms with van der Waals surface area (Å²) in [5.41, 5.74) is 3.24. The summed E-state index contributed by atoms with van der Waals surface area (Å²) in [5.74, 6) is 0.130. The molecular formula is C12H10ClN3O2. The second-order valence-electron chi connectivity index (χ2n) is 3.54. The number of halogens is 1. The molecule has 1 N–H and O–H groups in total. The molecule has 2 aromatic rings. The molecule has 0 fully saturated rings. The van der Waals surface area contributed by atoms with Gasteiger partial charge in [-0.2, -0.15) is 5.10 Å². The van der Waals surface area contributed by atoms with Gasteiger partial charge in [0, 0.05) is 16.7 Å². The summed E-state index contributed by atoms with van der Waals surface area (Å²) in [6.45, 7) is 1.71. The molecule has 0 saturated carbocycles. The third-order valence-electron chi connectivity index (χ3n) is 2.14. The topological polar surface area (TPSA) is 67.5 Å². The number of nitrogens with one attached hydrogen (secondary N) is 1. The molecular weight excluding hydrogens is 254 g/mol. The molecule has 1 aromatic carbocycles. The monoisotopic (exact) mass is 263 g/mol. The second-order valence-corrected chi connectivity index (χ2v) is 3.95. The Labute approximate surface area is 108 Å². The van der Waals surface area contributed by atoms with Gasteiger partial charge in [-0.05, 0) is 13.0 Å². The van der Waals surface area contributed by atoms with E-state index < -0.39 is 5.91 Å². The van der Waals surface area contributed by atoms with E-state index in [9.17, 15) is 4.79 Å². The average molecular weight is 264 g/mol. The Morgan fingerprint density at radius 1 is 1.50 bits per heavy atom. The summed E-state index contributed by atoms with van der Waals surface area (Å²) < 4.78 is 4.79. The highest BCUT2D eigenvalue weighted by Gasteiger charge is 2.09. The van der Waals surface area contributed by atoms with Crippen molar-refractivity contribution in [3.05, 3.63) is 52.4 Å². The standard InChI is InChI=1S/C12H10ClN3O2/c1-8-6-11(16-18-8)12(17)15-14-7-9-4-2-3-5-10(9)13/h2-7H,1H3,(H,15,17)/b14-7+. The number of hydrazone groups is 1. The number of aryl methyl sites for hydroxylation is 1. The van der Waals surface area contributed by atoms with E-state index in [2.05, 4.69) is 15.7 Å². The van der Waals surface area contributed by atoms with E-state index in [0.29, 0.717) is 10.8 Å². The van der Waals surface area contributed by atoms with Gasteiger partial charge in [-0.1, -0.05) is 35.0 Å². The van der Waals surface area contributed by atoms with Gasteiger partial charge in [-0.3, -0.25) is 4.79 Å². The molecule has 92 valence electrons. The number of hydrogen-bond acceptors (Lipinski definition) is 4. The predicted octanol–water partition coefficient (Wildman–Crippen LogP) is 2.40. The maximum absolute atomic E-state index is 11.6. The van der Waals surface area contributed by atoms with Crippen LogP contribution in [0.3, 0.4) is 0 Å². The van der Waals surface area contributed by atoms with E-state index >= 15 is 0 Å². The van der Waals surface area contributed by atoms with Gasteiger partial charge < -0.3 is 4.52 Å². The van der Waals surface area contributed by atoms with Gasteiger partial charge in [0.1, 0.15) is 5.76 Å². The lowest BCUT2D eigenvalue weighted by Crippen LogP contribution is -2.17. The zero-order valence-electron chi connectivity index (χ0n) is 9.55. The molecule has 0 radical (unpaired) electrons. The summed E-state index contributed by atoms with van der Waals surface area (Å²) in [6.07, 6.45) is 1.47. The maximum Gasteiger partial charge on any atom is 0.293 e. The van der Waals surface area contributed by atoms with E-state index in [4.69, 9.17) is 16.1 Å². The van der Waals surface area contributed by atoms with Crippen LogP contribution in [0.4, 0.5) is 0 Å². The van der Waals surface area contributed by atoms with Gasteiger partial charge in [-0.25, -0.2) is 5.43 Å². The van der Waals surface area contributed by atoms with Crippen molar-refractivity contribution in [3.8, 4) is 0 Å². The van der Waals surface area contributed by atoms with Crippen LogP contribution in [0.2, 0.25) is 5.02 Å². The Bertz CT molecular complexity index is 593. The number of rotatable bonds is 3. The van der Waals surface area contributed by atoms with Gasteiger partial charge in [0.2, 0.25) is 0 Å². The Balaban J connectivity index is 2.00. The Hall–Kier alpha value is -2.14. The van der Waals surface area contributed by atoms with Gasteiger partial charge in [-0.15, -0.1) is 0 Å². The highest BCUT2D eigenvalue weighted by Crippen LogP contribution is 2.12. The van der Waals surface area contributed by atoms with Gasteiger partial charge in [0.15, 0.2) is 5.69 Å². The second kappa shape index (κ2) is 5.46. The minimum absolute atomic E-state index is 0.184. The van der Waals surface area contributed by atoms with Crippen molar-refractivity contribution in [2.24, 2.45) is 5.10 Å². The molecule has 0 spiro atoms. The molecule has 0 unspecified atom stereocenters. The summed E-state index contributed by atoms with van der Waals surface area (Å²) in [4.78, 5) is 11.6. The number of nitrogens with zero attached hydrogens (tertiary/aromatic N) is 2. The number of hydrogen-bond donors (Lipinski definition) is 1. The summed E-state index contributed by atoms with van der Waals surface area (Å²) in [7, 11) is 0. The van der Waals surface area contributed by atoms with Crippen molar-refractivity contribution >= 4 is 23.7 Å². The molecule has 1 amide bonds. The lowest BCUT2D eigenvalue weighted by atomic mass is 10.2. The molecule has 0 aliphatic heterocycles. The van der Waals surface area contributed by atoms with Crippen molar-refractivity contribution in [1.29, 1.82) is 0 Å². The van der Waals surface area contributed by atoms with Crippen molar-refractivity contribution in [2.45, 2.75) is 6.92 Å². The van der Waals surface area contributed by atoms with Gasteiger partial charge in [0.05, 0.1) is 6.21 Å². The molecule has 0 saturated heterocycles. The van der Waals surface area contributed by atoms with E-state index in [1.54, 1.807) is 19.1 Å². The lowest BCUT2D eigenvalue weighted by Gasteiger charge is -1.96. The van der Waals surface area contributed by atoms with Gasteiger partial charge in [0.25, 0.3) is 5.91 Å².